The van der Waals surface area contributed by atoms with Gasteiger partial charge >= 0.3 is 5.97 Å². The van der Waals surface area contributed by atoms with Crippen molar-refractivity contribution in [3.63, 3.8) is 0 Å². The molecular weight excluding hydrogens is 352 g/mol. The first kappa shape index (κ1) is 18.3. The van der Waals surface area contributed by atoms with Crippen LogP contribution in [-0.4, -0.2) is 34.3 Å². The van der Waals surface area contributed by atoms with Crippen LogP contribution in [0.15, 0.2) is 34.4 Å². The predicted octanol–water partition coefficient (Wildman–Crippen LogP) is 3.10. The molecule has 3 rings (SSSR count). The Morgan fingerprint density at radius 3 is 2.69 bits per heavy atom. The van der Waals surface area contributed by atoms with Crippen LogP contribution < -0.4 is 5.56 Å². The Bertz CT molecular complexity index is 989. The van der Waals surface area contributed by atoms with Gasteiger partial charge in [0.2, 0.25) is 0 Å². The minimum atomic E-state index is -0.946. The van der Waals surface area contributed by atoms with Crippen LogP contribution in [0.1, 0.15) is 17.8 Å². The van der Waals surface area contributed by atoms with Crippen molar-refractivity contribution in [3.05, 3.63) is 51.4 Å². The number of fused-ring (bicyclic) bond motifs is 1. The molecule has 0 fully saturated rings. The topological polar surface area (TPSA) is 81.4 Å². The van der Waals surface area contributed by atoms with Crippen LogP contribution >= 0.6 is 11.3 Å². The van der Waals surface area contributed by atoms with E-state index in [-0.39, 0.29) is 18.5 Å². The average molecular weight is 372 g/mol. The molecule has 2 aromatic heterocycles. The molecule has 0 aliphatic heterocycles. The van der Waals surface area contributed by atoms with Crippen molar-refractivity contribution < 1.29 is 14.6 Å². The molecular formula is C19H20N2O4S. The normalized spacial score (nSPS) is 11.2. The summed E-state index contributed by atoms with van der Waals surface area (Å²) < 4.78 is 6.57. The number of carboxylic acids is 1. The molecule has 0 aliphatic rings. The van der Waals surface area contributed by atoms with E-state index in [9.17, 15) is 9.59 Å². The number of thiophene rings is 1. The summed E-state index contributed by atoms with van der Waals surface area (Å²) in [7, 11) is 1.58. The maximum atomic E-state index is 13.1. The van der Waals surface area contributed by atoms with E-state index in [4.69, 9.17) is 9.84 Å². The first-order valence-electron chi connectivity index (χ1n) is 8.30. The summed E-state index contributed by atoms with van der Waals surface area (Å²) in [5.41, 5.74) is 2.74. The van der Waals surface area contributed by atoms with Crippen molar-refractivity contribution in [2.75, 3.05) is 13.7 Å². The maximum Gasteiger partial charge on any atom is 0.305 e. The van der Waals surface area contributed by atoms with E-state index in [0.29, 0.717) is 29.1 Å². The summed E-state index contributed by atoms with van der Waals surface area (Å²) in [5.74, 6) is -0.387. The molecule has 0 spiro atoms. The fourth-order valence-corrected chi connectivity index (χ4v) is 3.79. The number of methoxy groups -OCH3 is 1. The quantitative estimate of drug-likeness (QED) is 0.689. The molecule has 1 aromatic carbocycles. The first-order valence-corrected chi connectivity index (χ1v) is 9.18. The van der Waals surface area contributed by atoms with Crippen molar-refractivity contribution in [1.82, 2.24) is 9.55 Å². The van der Waals surface area contributed by atoms with E-state index in [1.807, 2.05) is 36.6 Å². The highest BCUT2D eigenvalue weighted by Crippen LogP contribution is 2.31. The van der Waals surface area contributed by atoms with Gasteiger partial charge in [-0.05, 0) is 12.5 Å². The lowest BCUT2D eigenvalue weighted by Crippen LogP contribution is -2.27. The standard InChI is InChI=1S/C19H20N2O4S/c1-12-3-5-13(6-4-12)14-11-26-18-17(14)19(24)21(9-7-16(22)23)15(20-18)8-10-25-2/h3-6,11H,7-10H2,1-2H3,(H,22,23). The van der Waals surface area contributed by atoms with Crippen molar-refractivity contribution >= 4 is 27.5 Å². The van der Waals surface area contributed by atoms with Crippen LogP contribution in [0.2, 0.25) is 0 Å². The van der Waals surface area contributed by atoms with Crippen LogP contribution in [0, 0.1) is 6.92 Å². The van der Waals surface area contributed by atoms with Gasteiger partial charge in [-0.1, -0.05) is 29.8 Å². The predicted molar refractivity (Wildman–Crippen MR) is 102 cm³/mol. The fraction of sp³-hybridized carbons (Fsp3) is 0.316. The van der Waals surface area contributed by atoms with Crippen LogP contribution in [0.3, 0.4) is 0 Å². The molecule has 0 amide bonds. The minimum absolute atomic E-state index is 0.0966. The van der Waals surface area contributed by atoms with E-state index >= 15 is 0 Å². The highest BCUT2D eigenvalue weighted by atomic mass is 32.1. The van der Waals surface area contributed by atoms with E-state index in [2.05, 4.69) is 4.98 Å². The molecule has 0 unspecified atom stereocenters. The first-order chi connectivity index (χ1) is 12.5. The third-order valence-electron chi connectivity index (χ3n) is 4.21. The molecule has 7 heteroatoms. The van der Waals surface area contributed by atoms with Crippen LogP contribution in [0.4, 0.5) is 0 Å². The van der Waals surface area contributed by atoms with Gasteiger partial charge in [0.25, 0.3) is 5.56 Å². The van der Waals surface area contributed by atoms with Crippen molar-refractivity contribution in [3.8, 4) is 11.1 Å². The zero-order valence-corrected chi connectivity index (χ0v) is 15.5. The number of carbonyl (C=O) groups is 1. The molecule has 6 nitrogen and oxygen atoms in total. The number of rotatable bonds is 7. The molecule has 0 bridgehead atoms. The Balaban J connectivity index is 2.16. The molecule has 0 radical (unpaired) electrons. The molecule has 2 heterocycles. The van der Waals surface area contributed by atoms with Crippen LogP contribution in [0.25, 0.3) is 21.3 Å². The third kappa shape index (κ3) is 3.68. The summed E-state index contributed by atoms with van der Waals surface area (Å²) in [6, 6.07) is 7.97. The number of carboxylic acid groups (broad SMARTS) is 1. The summed E-state index contributed by atoms with van der Waals surface area (Å²) in [6.45, 7) is 2.53. The van der Waals surface area contributed by atoms with E-state index < -0.39 is 5.97 Å². The summed E-state index contributed by atoms with van der Waals surface area (Å²) in [5, 5.41) is 11.5. The van der Waals surface area contributed by atoms with Gasteiger partial charge in [0.05, 0.1) is 18.4 Å². The van der Waals surface area contributed by atoms with Crippen LogP contribution in [-0.2, 0) is 22.5 Å². The Morgan fingerprint density at radius 2 is 2.04 bits per heavy atom. The zero-order valence-electron chi connectivity index (χ0n) is 14.7. The van der Waals surface area contributed by atoms with E-state index in [0.717, 1.165) is 16.7 Å². The highest BCUT2D eigenvalue weighted by molar-refractivity contribution is 7.17. The number of benzene rings is 1. The Hall–Kier alpha value is -2.51. The number of aliphatic carboxylic acids is 1. The van der Waals surface area contributed by atoms with Gasteiger partial charge in [-0.3, -0.25) is 14.2 Å². The van der Waals surface area contributed by atoms with Crippen molar-refractivity contribution in [2.45, 2.75) is 26.3 Å². The second-order valence-electron chi connectivity index (χ2n) is 6.07. The Kier molecular flexibility index (Phi) is 5.49. The Morgan fingerprint density at radius 1 is 1.31 bits per heavy atom. The summed E-state index contributed by atoms with van der Waals surface area (Å²) in [4.78, 5) is 29.4. The van der Waals surface area contributed by atoms with Crippen molar-refractivity contribution in [2.24, 2.45) is 0 Å². The largest absolute Gasteiger partial charge is 0.481 e. The van der Waals surface area contributed by atoms with Gasteiger partial charge in [-0.15, -0.1) is 11.3 Å². The van der Waals surface area contributed by atoms with Gasteiger partial charge in [0.1, 0.15) is 10.7 Å². The summed E-state index contributed by atoms with van der Waals surface area (Å²) >= 11 is 1.43. The number of nitrogens with zero attached hydrogens (tertiary/aromatic N) is 2. The SMILES string of the molecule is COCCc1nc2scc(-c3ccc(C)cc3)c2c(=O)n1CCC(=O)O. The number of hydrogen-bond acceptors (Lipinski definition) is 5. The monoisotopic (exact) mass is 372 g/mol. The van der Waals surface area contributed by atoms with Crippen LogP contribution in [0.5, 0.6) is 0 Å². The van der Waals surface area contributed by atoms with Gasteiger partial charge in [0, 0.05) is 31.0 Å². The fourth-order valence-electron chi connectivity index (χ4n) is 2.83. The molecule has 1 N–H and O–H groups in total. The number of ether oxygens (including phenoxy) is 1. The van der Waals surface area contributed by atoms with Gasteiger partial charge < -0.3 is 9.84 Å². The zero-order chi connectivity index (χ0) is 18.7. The molecule has 26 heavy (non-hydrogen) atoms. The third-order valence-corrected chi connectivity index (χ3v) is 5.09. The van der Waals surface area contributed by atoms with Gasteiger partial charge in [-0.2, -0.15) is 0 Å². The lowest BCUT2D eigenvalue weighted by Gasteiger charge is -2.12. The summed E-state index contributed by atoms with van der Waals surface area (Å²) in [6.07, 6.45) is 0.330. The Labute approximate surface area is 154 Å². The molecule has 0 aliphatic carbocycles. The lowest BCUT2D eigenvalue weighted by atomic mass is 10.0. The van der Waals surface area contributed by atoms with E-state index in [1.54, 1.807) is 7.11 Å². The highest BCUT2D eigenvalue weighted by Gasteiger charge is 2.17. The maximum absolute atomic E-state index is 13.1. The molecule has 136 valence electrons. The molecule has 0 saturated carbocycles. The van der Waals surface area contributed by atoms with Gasteiger partial charge in [-0.25, -0.2) is 4.98 Å². The smallest absolute Gasteiger partial charge is 0.305 e. The number of aromatic nitrogens is 2. The van der Waals surface area contributed by atoms with Crippen molar-refractivity contribution in [1.29, 1.82) is 0 Å². The second-order valence-corrected chi connectivity index (χ2v) is 6.93. The number of aryl methyl sites for hydroxylation is 1. The molecule has 0 atom stereocenters. The average Bonchev–Trinajstić information content (AvgIpc) is 3.04. The van der Waals surface area contributed by atoms with E-state index in [1.165, 1.54) is 15.9 Å². The second kappa shape index (κ2) is 7.80. The number of hydrogen-bond donors (Lipinski definition) is 1. The lowest BCUT2D eigenvalue weighted by molar-refractivity contribution is -0.137. The molecule has 3 aromatic rings. The minimum Gasteiger partial charge on any atom is -0.481 e. The molecule has 0 saturated heterocycles. The van der Waals surface area contributed by atoms with Gasteiger partial charge in [0.15, 0.2) is 0 Å².